The predicted molar refractivity (Wildman–Crippen MR) is 105 cm³/mol. The molecule has 0 saturated carbocycles. The Morgan fingerprint density at radius 2 is 1.74 bits per heavy atom. The third-order valence-corrected chi connectivity index (χ3v) is 3.64. The van der Waals surface area contributed by atoms with E-state index in [2.05, 4.69) is 10.6 Å². The van der Waals surface area contributed by atoms with Crippen molar-refractivity contribution in [3.63, 3.8) is 0 Å². The van der Waals surface area contributed by atoms with Crippen LogP contribution in [0.5, 0.6) is 5.75 Å². The second-order valence-electron chi connectivity index (χ2n) is 6.05. The van der Waals surface area contributed by atoms with Gasteiger partial charge in [-0.1, -0.05) is 12.1 Å². The highest BCUT2D eigenvalue weighted by atomic mass is 16.5. The number of benzene rings is 2. The van der Waals surface area contributed by atoms with Crippen LogP contribution in [0.2, 0.25) is 0 Å². The molecule has 7 heteroatoms. The molecule has 2 rings (SSSR count). The molecule has 0 radical (unpaired) electrons. The van der Waals surface area contributed by atoms with Crippen LogP contribution >= 0.6 is 0 Å². The lowest BCUT2D eigenvalue weighted by molar-refractivity contribution is -0.114. The zero-order chi connectivity index (χ0) is 19.6. The van der Waals surface area contributed by atoms with E-state index >= 15 is 0 Å². The van der Waals surface area contributed by atoms with E-state index < -0.39 is 0 Å². The average Bonchev–Trinajstić information content (AvgIpc) is 2.66. The standard InChI is InChI=1S/C20H25N3O4/c1-23(2)20(25)15-6-4-7-16(12-15)21-14-19(24)22-17-8-5-9-18(13-17)27-11-10-26-3/h4-9,12-13,21H,10-11,14H2,1-3H3,(H,22,24). The van der Waals surface area contributed by atoms with Crippen LogP contribution in [0.3, 0.4) is 0 Å². The lowest BCUT2D eigenvalue weighted by Crippen LogP contribution is -2.23. The van der Waals surface area contributed by atoms with E-state index in [1.54, 1.807) is 51.5 Å². The number of nitrogens with one attached hydrogen (secondary N) is 2. The summed E-state index contributed by atoms with van der Waals surface area (Å²) in [5.74, 6) is 0.370. The van der Waals surface area contributed by atoms with Gasteiger partial charge in [0.15, 0.2) is 0 Å². The van der Waals surface area contributed by atoms with E-state index in [0.717, 1.165) is 0 Å². The van der Waals surface area contributed by atoms with E-state index in [-0.39, 0.29) is 18.4 Å². The molecule has 0 spiro atoms. The van der Waals surface area contributed by atoms with Crippen LogP contribution in [0, 0.1) is 0 Å². The molecule has 0 bridgehead atoms. The Kier molecular flexibility index (Phi) is 7.63. The Balaban J connectivity index is 1.88. The fourth-order valence-corrected chi connectivity index (χ4v) is 2.31. The third kappa shape index (κ3) is 6.63. The summed E-state index contributed by atoms with van der Waals surface area (Å²) in [6, 6.07) is 14.2. The molecule has 2 amide bonds. The fourth-order valence-electron chi connectivity index (χ4n) is 2.31. The van der Waals surface area contributed by atoms with Gasteiger partial charge < -0.3 is 25.0 Å². The molecule has 0 saturated heterocycles. The molecule has 2 aromatic carbocycles. The molecule has 0 unspecified atom stereocenters. The van der Waals surface area contributed by atoms with Crippen molar-refractivity contribution in [2.45, 2.75) is 0 Å². The lowest BCUT2D eigenvalue weighted by atomic mass is 10.2. The van der Waals surface area contributed by atoms with Crippen molar-refractivity contribution in [1.29, 1.82) is 0 Å². The maximum absolute atomic E-state index is 12.2. The molecule has 0 aliphatic heterocycles. The zero-order valence-corrected chi connectivity index (χ0v) is 15.8. The number of anilines is 2. The summed E-state index contributed by atoms with van der Waals surface area (Å²) in [5, 5.41) is 5.84. The maximum Gasteiger partial charge on any atom is 0.253 e. The Hall–Kier alpha value is -3.06. The van der Waals surface area contributed by atoms with Crippen molar-refractivity contribution in [1.82, 2.24) is 4.90 Å². The summed E-state index contributed by atoms with van der Waals surface area (Å²) >= 11 is 0. The zero-order valence-electron chi connectivity index (χ0n) is 15.8. The Morgan fingerprint density at radius 3 is 2.48 bits per heavy atom. The van der Waals surface area contributed by atoms with Gasteiger partial charge in [-0.05, 0) is 30.3 Å². The molecule has 0 heterocycles. The molecule has 0 fully saturated rings. The van der Waals surface area contributed by atoms with Gasteiger partial charge in [0.05, 0.1) is 13.2 Å². The van der Waals surface area contributed by atoms with Crippen molar-refractivity contribution in [2.75, 3.05) is 51.6 Å². The summed E-state index contributed by atoms with van der Waals surface area (Å²) in [4.78, 5) is 25.7. The highest BCUT2D eigenvalue weighted by molar-refractivity contribution is 5.96. The second-order valence-corrected chi connectivity index (χ2v) is 6.05. The minimum atomic E-state index is -0.201. The molecule has 0 aromatic heterocycles. The van der Waals surface area contributed by atoms with Crippen molar-refractivity contribution in [3.8, 4) is 5.75 Å². The van der Waals surface area contributed by atoms with E-state index in [0.29, 0.717) is 35.9 Å². The number of amides is 2. The first-order valence-corrected chi connectivity index (χ1v) is 8.57. The summed E-state index contributed by atoms with van der Waals surface area (Å²) in [6.45, 7) is 1.02. The number of methoxy groups -OCH3 is 1. The van der Waals surface area contributed by atoms with Gasteiger partial charge in [0, 0.05) is 44.2 Å². The largest absolute Gasteiger partial charge is 0.491 e. The average molecular weight is 371 g/mol. The van der Waals surface area contributed by atoms with E-state index in [1.807, 2.05) is 18.2 Å². The maximum atomic E-state index is 12.2. The number of nitrogens with zero attached hydrogens (tertiary/aromatic N) is 1. The number of ether oxygens (including phenoxy) is 2. The summed E-state index contributed by atoms with van der Waals surface area (Å²) in [6.07, 6.45) is 0. The van der Waals surface area contributed by atoms with Gasteiger partial charge in [-0.2, -0.15) is 0 Å². The minimum Gasteiger partial charge on any atom is -0.491 e. The van der Waals surface area contributed by atoms with Crippen molar-refractivity contribution < 1.29 is 19.1 Å². The quantitative estimate of drug-likeness (QED) is 0.662. The summed E-state index contributed by atoms with van der Waals surface area (Å²) < 4.78 is 10.5. The van der Waals surface area contributed by atoms with Crippen LogP contribution in [-0.2, 0) is 9.53 Å². The smallest absolute Gasteiger partial charge is 0.253 e. The number of hydrogen-bond acceptors (Lipinski definition) is 5. The molecule has 0 aliphatic carbocycles. The SMILES string of the molecule is COCCOc1cccc(NC(=O)CNc2cccc(C(=O)N(C)C)c2)c1. The summed E-state index contributed by atoms with van der Waals surface area (Å²) in [7, 11) is 5.01. The van der Waals surface area contributed by atoms with E-state index in [9.17, 15) is 9.59 Å². The fraction of sp³-hybridized carbons (Fsp3) is 0.300. The predicted octanol–water partition coefficient (Wildman–Crippen LogP) is 2.46. The minimum absolute atomic E-state index is 0.0777. The molecule has 144 valence electrons. The molecular weight excluding hydrogens is 346 g/mol. The van der Waals surface area contributed by atoms with Gasteiger partial charge in [0.2, 0.25) is 5.91 Å². The third-order valence-electron chi connectivity index (χ3n) is 3.64. The van der Waals surface area contributed by atoms with Crippen LogP contribution in [-0.4, -0.2) is 57.7 Å². The van der Waals surface area contributed by atoms with Gasteiger partial charge in [0.25, 0.3) is 5.91 Å². The number of rotatable bonds is 9. The van der Waals surface area contributed by atoms with Crippen LogP contribution in [0.15, 0.2) is 48.5 Å². The Bertz CT molecular complexity index is 777. The molecule has 2 aromatic rings. The first kappa shape index (κ1) is 20.3. The Morgan fingerprint density at radius 1 is 1.00 bits per heavy atom. The van der Waals surface area contributed by atoms with Gasteiger partial charge in [0.1, 0.15) is 12.4 Å². The summed E-state index contributed by atoms with van der Waals surface area (Å²) in [5.41, 5.74) is 1.91. The van der Waals surface area contributed by atoms with Crippen molar-refractivity contribution in [3.05, 3.63) is 54.1 Å². The number of hydrogen-bond donors (Lipinski definition) is 2. The first-order valence-electron chi connectivity index (χ1n) is 8.57. The first-order chi connectivity index (χ1) is 13.0. The molecule has 0 aliphatic rings. The van der Waals surface area contributed by atoms with Crippen molar-refractivity contribution in [2.24, 2.45) is 0 Å². The highest BCUT2D eigenvalue weighted by Gasteiger charge is 2.09. The molecule has 0 atom stereocenters. The van der Waals surface area contributed by atoms with E-state index in [1.165, 1.54) is 4.90 Å². The van der Waals surface area contributed by atoms with Gasteiger partial charge >= 0.3 is 0 Å². The van der Waals surface area contributed by atoms with E-state index in [4.69, 9.17) is 9.47 Å². The van der Waals surface area contributed by atoms with Crippen LogP contribution in [0.4, 0.5) is 11.4 Å². The normalized spacial score (nSPS) is 10.2. The van der Waals surface area contributed by atoms with Crippen molar-refractivity contribution >= 4 is 23.2 Å². The number of carbonyl (C=O) groups is 2. The topological polar surface area (TPSA) is 79.9 Å². The van der Waals surface area contributed by atoms with Crippen LogP contribution < -0.4 is 15.4 Å². The lowest BCUT2D eigenvalue weighted by Gasteiger charge is -2.12. The Labute approximate surface area is 159 Å². The highest BCUT2D eigenvalue weighted by Crippen LogP contribution is 2.17. The molecular formula is C20H25N3O4. The number of carbonyl (C=O) groups excluding carboxylic acids is 2. The molecule has 2 N–H and O–H groups in total. The van der Waals surface area contributed by atoms with Crippen LogP contribution in [0.25, 0.3) is 0 Å². The monoisotopic (exact) mass is 371 g/mol. The van der Waals surface area contributed by atoms with Crippen LogP contribution in [0.1, 0.15) is 10.4 Å². The van der Waals surface area contributed by atoms with Gasteiger partial charge in [-0.15, -0.1) is 0 Å². The molecule has 7 nitrogen and oxygen atoms in total. The second kappa shape index (κ2) is 10.2. The van der Waals surface area contributed by atoms with Gasteiger partial charge in [-0.25, -0.2) is 0 Å². The molecule has 27 heavy (non-hydrogen) atoms. The van der Waals surface area contributed by atoms with Gasteiger partial charge in [-0.3, -0.25) is 9.59 Å².